The average Bonchev–Trinajstić information content (AvgIpc) is 2.91. The van der Waals surface area contributed by atoms with Crippen molar-refractivity contribution in [2.45, 2.75) is 25.3 Å². The van der Waals surface area contributed by atoms with E-state index < -0.39 is 0 Å². The fourth-order valence-electron chi connectivity index (χ4n) is 2.92. The first-order chi connectivity index (χ1) is 8.88. The Labute approximate surface area is 108 Å². The van der Waals surface area contributed by atoms with Gasteiger partial charge in [-0.05, 0) is 42.8 Å². The average molecular weight is 241 g/mol. The fraction of sp³-hybridized carbons (Fsp3) is 0.375. The number of benzene rings is 2. The quantitative estimate of drug-likeness (QED) is 0.891. The van der Waals surface area contributed by atoms with Crippen molar-refractivity contribution >= 4 is 10.8 Å². The molecule has 0 amide bonds. The van der Waals surface area contributed by atoms with Gasteiger partial charge >= 0.3 is 0 Å². The number of fused-ring (bicyclic) bond motifs is 1. The van der Waals surface area contributed by atoms with Crippen LogP contribution in [0.5, 0.6) is 5.75 Å². The van der Waals surface area contributed by atoms with Crippen molar-refractivity contribution in [2.75, 3.05) is 13.7 Å². The Balaban J connectivity index is 2.04. The molecule has 3 rings (SSSR count). The van der Waals surface area contributed by atoms with Gasteiger partial charge in [0.25, 0.3) is 0 Å². The molecule has 0 saturated carbocycles. The first-order valence-corrected chi connectivity index (χ1v) is 6.66. The molecule has 1 fully saturated rings. The van der Waals surface area contributed by atoms with E-state index in [1.807, 2.05) is 6.07 Å². The van der Waals surface area contributed by atoms with Crippen molar-refractivity contribution in [3.63, 3.8) is 0 Å². The second-order valence-electron chi connectivity index (χ2n) is 4.97. The summed E-state index contributed by atoms with van der Waals surface area (Å²) in [6.45, 7) is 1.16. The van der Waals surface area contributed by atoms with E-state index in [-0.39, 0.29) is 0 Å². The number of rotatable bonds is 3. The third-order valence-corrected chi connectivity index (χ3v) is 3.80. The molecule has 0 aliphatic carbocycles. The number of nitrogens with one attached hydrogen (secondary N) is 1. The lowest BCUT2D eigenvalue weighted by atomic mass is 9.97. The molecular weight excluding hydrogens is 222 g/mol. The van der Waals surface area contributed by atoms with Gasteiger partial charge in [-0.1, -0.05) is 30.3 Å². The van der Waals surface area contributed by atoms with Gasteiger partial charge < -0.3 is 10.1 Å². The Morgan fingerprint density at radius 2 is 2.06 bits per heavy atom. The van der Waals surface area contributed by atoms with Crippen LogP contribution in [-0.4, -0.2) is 19.7 Å². The van der Waals surface area contributed by atoms with Crippen molar-refractivity contribution in [3.8, 4) is 5.75 Å². The molecule has 2 aromatic carbocycles. The lowest BCUT2D eigenvalue weighted by Gasteiger charge is -2.14. The van der Waals surface area contributed by atoms with Gasteiger partial charge in [0.2, 0.25) is 0 Å². The number of methoxy groups -OCH3 is 1. The van der Waals surface area contributed by atoms with E-state index >= 15 is 0 Å². The molecule has 1 aliphatic rings. The van der Waals surface area contributed by atoms with Crippen LogP contribution in [-0.2, 0) is 6.42 Å². The molecule has 1 heterocycles. The van der Waals surface area contributed by atoms with Crippen LogP contribution in [0.1, 0.15) is 18.4 Å². The zero-order valence-electron chi connectivity index (χ0n) is 10.8. The van der Waals surface area contributed by atoms with E-state index in [2.05, 4.69) is 35.6 Å². The summed E-state index contributed by atoms with van der Waals surface area (Å²) in [4.78, 5) is 0. The lowest BCUT2D eigenvalue weighted by Crippen LogP contribution is -2.23. The van der Waals surface area contributed by atoms with Crippen LogP contribution < -0.4 is 10.1 Å². The highest BCUT2D eigenvalue weighted by atomic mass is 16.5. The van der Waals surface area contributed by atoms with E-state index in [9.17, 15) is 0 Å². The molecule has 2 aromatic rings. The number of hydrogen-bond donors (Lipinski definition) is 1. The molecule has 1 atom stereocenters. The second kappa shape index (κ2) is 4.99. The molecule has 0 radical (unpaired) electrons. The smallest absolute Gasteiger partial charge is 0.126 e. The Morgan fingerprint density at radius 3 is 2.78 bits per heavy atom. The highest BCUT2D eigenvalue weighted by Crippen LogP contribution is 2.30. The van der Waals surface area contributed by atoms with Crippen LogP contribution in [0.3, 0.4) is 0 Å². The van der Waals surface area contributed by atoms with Crippen LogP contribution >= 0.6 is 0 Å². The molecule has 1 saturated heterocycles. The summed E-state index contributed by atoms with van der Waals surface area (Å²) in [6, 6.07) is 13.4. The minimum absolute atomic E-state index is 0.625. The summed E-state index contributed by atoms with van der Waals surface area (Å²) < 4.78 is 5.51. The van der Waals surface area contributed by atoms with Crippen molar-refractivity contribution in [1.29, 1.82) is 0 Å². The van der Waals surface area contributed by atoms with Crippen LogP contribution in [0.15, 0.2) is 36.4 Å². The molecule has 2 heteroatoms. The largest absolute Gasteiger partial charge is 0.496 e. The minimum Gasteiger partial charge on any atom is -0.496 e. The SMILES string of the molecule is COc1cccc2cccc(C[C@H]3CCCN3)c12. The molecule has 0 spiro atoms. The first-order valence-electron chi connectivity index (χ1n) is 6.66. The van der Waals surface area contributed by atoms with Crippen LogP contribution in [0.2, 0.25) is 0 Å². The van der Waals surface area contributed by atoms with Crippen LogP contribution in [0.4, 0.5) is 0 Å². The number of hydrogen-bond acceptors (Lipinski definition) is 2. The summed E-state index contributed by atoms with van der Waals surface area (Å²) in [5.41, 5.74) is 1.39. The van der Waals surface area contributed by atoms with Gasteiger partial charge in [-0.3, -0.25) is 0 Å². The van der Waals surface area contributed by atoms with E-state index in [0.29, 0.717) is 6.04 Å². The van der Waals surface area contributed by atoms with E-state index in [0.717, 1.165) is 18.7 Å². The fourth-order valence-corrected chi connectivity index (χ4v) is 2.92. The summed E-state index contributed by atoms with van der Waals surface area (Å²) in [5, 5.41) is 6.11. The molecule has 1 aliphatic heterocycles. The van der Waals surface area contributed by atoms with Crippen LogP contribution in [0, 0.1) is 0 Å². The van der Waals surface area contributed by atoms with E-state index in [4.69, 9.17) is 4.74 Å². The van der Waals surface area contributed by atoms with Gasteiger partial charge in [0, 0.05) is 11.4 Å². The lowest BCUT2D eigenvalue weighted by molar-refractivity contribution is 0.419. The Bertz CT molecular complexity index is 539. The zero-order chi connectivity index (χ0) is 12.4. The third-order valence-electron chi connectivity index (χ3n) is 3.80. The standard InChI is InChI=1S/C16H19NO/c1-18-15-9-3-6-12-5-2-7-13(16(12)15)11-14-8-4-10-17-14/h2-3,5-7,9,14,17H,4,8,10-11H2,1H3/t14-/m1/s1. The maximum Gasteiger partial charge on any atom is 0.126 e. The van der Waals surface area contributed by atoms with Crippen molar-refractivity contribution < 1.29 is 4.74 Å². The topological polar surface area (TPSA) is 21.3 Å². The van der Waals surface area contributed by atoms with Gasteiger partial charge in [0.15, 0.2) is 0 Å². The molecule has 18 heavy (non-hydrogen) atoms. The monoisotopic (exact) mass is 241 g/mol. The van der Waals surface area contributed by atoms with E-state index in [1.165, 1.54) is 29.2 Å². The maximum absolute atomic E-state index is 5.51. The normalized spacial score (nSPS) is 19.3. The van der Waals surface area contributed by atoms with Crippen molar-refractivity contribution in [3.05, 3.63) is 42.0 Å². The summed E-state index contributed by atoms with van der Waals surface area (Å²) in [6.07, 6.45) is 3.68. The van der Waals surface area contributed by atoms with E-state index in [1.54, 1.807) is 7.11 Å². The number of ether oxygens (including phenoxy) is 1. The molecule has 94 valence electrons. The highest BCUT2D eigenvalue weighted by Gasteiger charge is 2.16. The van der Waals surface area contributed by atoms with Crippen LogP contribution in [0.25, 0.3) is 10.8 Å². The predicted octanol–water partition coefficient (Wildman–Crippen LogP) is 3.14. The van der Waals surface area contributed by atoms with Gasteiger partial charge in [-0.2, -0.15) is 0 Å². The minimum atomic E-state index is 0.625. The van der Waals surface area contributed by atoms with Crippen molar-refractivity contribution in [1.82, 2.24) is 5.32 Å². The zero-order valence-corrected chi connectivity index (χ0v) is 10.8. The second-order valence-corrected chi connectivity index (χ2v) is 4.97. The molecule has 1 N–H and O–H groups in total. The Kier molecular flexibility index (Phi) is 3.20. The first kappa shape index (κ1) is 11.5. The predicted molar refractivity (Wildman–Crippen MR) is 75.2 cm³/mol. The molecular formula is C16H19NO. The summed E-state index contributed by atoms with van der Waals surface area (Å²) in [5.74, 6) is 0.987. The molecule has 2 nitrogen and oxygen atoms in total. The van der Waals surface area contributed by atoms with Gasteiger partial charge in [0.05, 0.1) is 7.11 Å². The van der Waals surface area contributed by atoms with Gasteiger partial charge in [-0.25, -0.2) is 0 Å². The third kappa shape index (κ3) is 2.08. The molecule has 0 unspecified atom stereocenters. The van der Waals surface area contributed by atoms with Gasteiger partial charge in [0.1, 0.15) is 5.75 Å². The summed E-state index contributed by atoms with van der Waals surface area (Å²) >= 11 is 0. The maximum atomic E-state index is 5.51. The Hall–Kier alpha value is -1.54. The van der Waals surface area contributed by atoms with Crippen molar-refractivity contribution in [2.24, 2.45) is 0 Å². The van der Waals surface area contributed by atoms with Gasteiger partial charge in [-0.15, -0.1) is 0 Å². The molecule has 0 aromatic heterocycles. The highest BCUT2D eigenvalue weighted by molar-refractivity contribution is 5.91. The Morgan fingerprint density at radius 1 is 1.22 bits per heavy atom. The molecule has 0 bridgehead atoms. The summed E-state index contributed by atoms with van der Waals surface area (Å²) in [7, 11) is 1.75.